The fourth-order valence-electron chi connectivity index (χ4n) is 6.28. The van der Waals surface area contributed by atoms with Crippen molar-refractivity contribution in [3.63, 3.8) is 0 Å². The molecule has 42 heavy (non-hydrogen) atoms. The third-order valence-corrected chi connectivity index (χ3v) is 10.3. The largest absolute Gasteiger partial charge is 0.476 e. The van der Waals surface area contributed by atoms with Crippen molar-refractivity contribution in [3.05, 3.63) is 41.9 Å². The lowest BCUT2D eigenvalue weighted by Crippen LogP contribution is -2.41. The van der Waals surface area contributed by atoms with Crippen LogP contribution in [-0.4, -0.2) is 57.6 Å². The van der Waals surface area contributed by atoms with Crippen LogP contribution < -0.4 is 14.4 Å². The van der Waals surface area contributed by atoms with Crippen molar-refractivity contribution in [2.75, 3.05) is 18.1 Å². The Bertz CT molecular complexity index is 1560. The minimum atomic E-state index is -4.14. The molecule has 3 aliphatic rings. The maximum atomic E-state index is 13.5. The number of hydrogen-bond donors (Lipinski definition) is 1. The molecule has 228 valence electrons. The number of aryl methyl sites for hydroxylation is 1. The first-order valence-corrected chi connectivity index (χ1v) is 15.9. The average Bonchev–Trinajstić information content (AvgIpc) is 3.82. The first kappa shape index (κ1) is 30.4. The number of ether oxygens (including phenoxy) is 1. The van der Waals surface area contributed by atoms with Crippen LogP contribution >= 0.6 is 13.5 Å². The Hall–Kier alpha value is -3.06. The molecule has 4 heterocycles. The van der Waals surface area contributed by atoms with E-state index in [0.29, 0.717) is 48.2 Å². The highest BCUT2D eigenvalue weighted by Gasteiger charge is 2.42. The zero-order valence-electron chi connectivity index (χ0n) is 24.9. The summed E-state index contributed by atoms with van der Waals surface area (Å²) >= 11 is 0. The number of sulfonamides is 1. The van der Waals surface area contributed by atoms with E-state index in [1.165, 1.54) is 36.6 Å². The summed E-state index contributed by atoms with van der Waals surface area (Å²) in [5.74, 6) is 3.34. The van der Waals surface area contributed by atoms with E-state index in [9.17, 15) is 13.2 Å². The highest BCUT2D eigenvalue weighted by molar-refractivity contribution is 7.90. The van der Waals surface area contributed by atoms with Crippen molar-refractivity contribution in [1.82, 2.24) is 29.3 Å². The highest BCUT2D eigenvalue weighted by atomic mass is 32.2. The van der Waals surface area contributed by atoms with Crippen molar-refractivity contribution in [1.29, 1.82) is 0 Å². The molecule has 3 fully saturated rings. The van der Waals surface area contributed by atoms with Crippen LogP contribution in [0.2, 0.25) is 0 Å². The topological polar surface area (TPSA) is 124 Å². The zero-order chi connectivity index (χ0) is 29.1. The van der Waals surface area contributed by atoms with Gasteiger partial charge < -0.3 is 9.64 Å². The van der Waals surface area contributed by atoms with Gasteiger partial charge in [-0.2, -0.15) is 18.6 Å². The number of aromatic nitrogens is 5. The van der Waals surface area contributed by atoms with Gasteiger partial charge in [-0.25, -0.2) is 22.8 Å². The predicted octanol–water partition coefficient (Wildman–Crippen LogP) is 3.98. The number of carbonyl (C=O) groups is 1. The van der Waals surface area contributed by atoms with Gasteiger partial charge in [0.2, 0.25) is 5.88 Å². The van der Waals surface area contributed by atoms with Crippen LogP contribution in [0, 0.1) is 30.6 Å². The first-order valence-electron chi connectivity index (χ1n) is 14.5. The van der Waals surface area contributed by atoms with Gasteiger partial charge in [-0.3, -0.25) is 9.48 Å². The fourth-order valence-corrected chi connectivity index (χ4v) is 7.45. The molecule has 1 aliphatic heterocycles. The lowest BCUT2D eigenvalue weighted by atomic mass is 9.97. The van der Waals surface area contributed by atoms with Gasteiger partial charge >= 0.3 is 0 Å². The van der Waals surface area contributed by atoms with E-state index in [4.69, 9.17) is 9.72 Å². The van der Waals surface area contributed by atoms with Gasteiger partial charge in [0.15, 0.2) is 5.82 Å². The number of pyridine rings is 1. The van der Waals surface area contributed by atoms with Gasteiger partial charge in [0, 0.05) is 31.4 Å². The Balaban J connectivity index is 0.00000353. The molecule has 1 saturated heterocycles. The summed E-state index contributed by atoms with van der Waals surface area (Å²) in [6.07, 6.45) is 9.18. The number of carbonyl (C=O) groups excluding carboxylic acids is 1. The molecule has 3 aromatic heterocycles. The molecule has 6 rings (SSSR count). The minimum Gasteiger partial charge on any atom is -0.476 e. The van der Waals surface area contributed by atoms with E-state index in [1.807, 2.05) is 6.07 Å². The third-order valence-electron chi connectivity index (χ3n) is 8.82. The van der Waals surface area contributed by atoms with Crippen molar-refractivity contribution >= 4 is 35.2 Å². The number of amides is 1. The van der Waals surface area contributed by atoms with Crippen LogP contribution in [0.1, 0.15) is 68.9 Å². The van der Waals surface area contributed by atoms with E-state index >= 15 is 0 Å². The van der Waals surface area contributed by atoms with Crippen LogP contribution in [-0.2, 0) is 17.1 Å². The van der Waals surface area contributed by atoms with Crippen LogP contribution in [0.4, 0.5) is 5.82 Å². The van der Waals surface area contributed by atoms with Crippen molar-refractivity contribution in [2.24, 2.45) is 30.7 Å². The molecular weight excluding hydrogens is 574 g/mol. The van der Waals surface area contributed by atoms with E-state index < -0.39 is 15.9 Å². The Morgan fingerprint density at radius 3 is 2.43 bits per heavy atom. The molecule has 0 spiro atoms. The molecule has 13 heteroatoms. The van der Waals surface area contributed by atoms with Gasteiger partial charge in [-0.1, -0.05) is 6.92 Å². The molecule has 2 saturated carbocycles. The van der Waals surface area contributed by atoms with Crippen LogP contribution in [0.3, 0.4) is 0 Å². The second kappa shape index (κ2) is 11.2. The Kier molecular flexibility index (Phi) is 8.12. The van der Waals surface area contributed by atoms with Crippen molar-refractivity contribution < 1.29 is 17.9 Å². The Labute approximate surface area is 254 Å². The quantitative estimate of drug-likeness (QED) is 0.363. The normalized spacial score (nSPS) is 20.0. The molecule has 0 bridgehead atoms. The van der Waals surface area contributed by atoms with Gasteiger partial charge in [-0.05, 0) is 88.7 Å². The van der Waals surface area contributed by atoms with Crippen LogP contribution in [0.5, 0.6) is 5.88 Å². The Morgan fingerprint density at radius 1 is 1.17 bits per heavy atom. The molecule has 0 radical (unpaired) electrons. The van der Waals surface area contributed by atoms with Crippen molar-refractivity contribution in [2.45, 2.75) is 70.2 Å². The summed E-state index contributed by atoms with van der Waals surface area (Å²) in [6.45, 7) is 9.40. The second-order valence-corrected chi connectivity index (χ2v) is 14.3. The standard InChI is InChI=1S/C29H39N7O4S.H2S/c1-18-14-29(3,4)35(16-18)27-22(28(37)33-41(38,39)24-15-30-34(5)19(24)2)10-11-25(31-27)36-13-12-26(32-36)40-17-23(20-6-7-20)21-8-9-21;/h10-13,15,18,20-21,23H,6-9,14,16-17H2,1-5H3,(H,33,37);1H2/t18-;/m0./s1. The molecule has 0 aromatic carbocycles. The smallest absolute Gasteiger partial charge is 0.268 e. The third kappa shape index (κ3) is 6.03. The molecule has 11 nitrogen and oxygen atoms in total. The number of nitrogens with one attached hydrogen (secondary N) is 1. The summed E-state index contributed by atoms with van der Waals surface area (Å²) < 4.78 is 37.7. The van der Waals surface area contributed by atoms with Crippen molar-refractivity contribution in [3.8, 4) is 11.7 Å². The lowest BCUT2D eigenvalue weighted by Gasteiger charge is -2.34. The summed E-state index contributed by atoms with van der Waals surface area (Å²) in [7, 11) is -2.49. The second-order valence-electron chi connectivity index (χ2n) is 12.7. The molecule has 1 amide bonds. The molecular formula is C29H41N7O4S2. The molecule has 1 atom stereocenters. The highest BCUT2D eigenvalue weighted by Crippen LogP contribution is 2.49. The van der Waals surface area contributed by atoms with Gasteiger partial charge in [0.1, 0.15) is 10.7 Å². The minimum absolute atomic E-state index is 0. The maximum Gasteiger partial charge on any atom is 0.268 e. The average molecular weight is 616 g/mol. The number of hydrogen-bond acceptors (Lipinski definition) is 8. The van der Waals surface area contributed by atoms with Gasteiger partial charge in [0.05, 0.1) is 24.1 Å². The molecule has 1 N–H and O–H groups in total. The Morgan fingerprint density at radius 2 is 1.86 bits per heavy atom. The van der Waals surface area contributed by atoms with Crippen LogP contribution in [0.15, 0.2) is 35.5 Å². The first-order chi connectivity index (χ1) is 19.4. The van der Waals surface area contributed by atoms with E-state index in [-0.39, 0.29) is 29.5 Å². The van der Waals surface area contributed by atoms with E-state index in [2.05, 4.69) is 40.6 Å². The summed E-state index contributed by atoms with van der Waals surface area (Å²) in [4.78, 5) is 20.5. The fraction of sp³-hybridized carbons (Fsp3) is 0.586. The number of nitrogens with zero attached hydrogens (tertiary/aromatic N) is 6. The number of rotatable bonds is 10. The SMILES string of the molecule is Cc1c(S(=O)(=O)NC(=O)c2ccc(-n3ccc(OCC(C4CC4)C4CC4)n3)nc2N2C[C@@H](C)CC2(C)C)cnn1C.S. The molecule has 3 aromatic rings. The van der Waals surface area contributed by atoms with E-state index in [0.717, 1.165) is 18.3 Å². The summed E-state index contributed by atoms with van der Waals surface area (Å²) in [5.41, 5.74) is 0.338. The zero-order valence-corrected chi connectivity index (χ0v) is 26.7. The lowest BCUT2D eigenvalue weighted by molar-refractivity contribution is 0.0981. The van der Waals surface area contributed by atoms with Crippen LogP contribution in [0.25, 0.3) is 5.82 Å². The van der Waals surface area contributed by atoms with E-state index in [1.54, 1.807) is 37.0 Å². The number of anilines is 1. The van der Waals surface area contributed by atoms with Gasteiger partial charge in [0.25, 0.3) is 15.9 Å². The van der Waals surface area contributed by atoms with Gasteiger partial charge in [-0.15, -0.1) is 5.10 Å². The molecule has 0 unspecified atom stereocenters. The maximum absolute atomic E-state index is 13.5. The summed E-state index contributed by atoms with van der Waals surface area (Å²) in [6, 6.07) is 5.14. The monoisotopic (exact) mass is 615 g/mol. The predicted molar refractivity (Wildman–Crippen MR) is 164 cm³/mol. The summed E-state index contributed by atoms with van der Waals surface area (Å²) in [5, 5.41) is 8.63. The molecule has 2 aliphatic carbocycles.